The number of aromatic nitrogens is 1. The molecule has 0 aliphatic carbocycles. The molecule has 1 heterocycles. The first kappa shape index (κ1) is 21.7. The van der Waals surface area contributed by atoms with Gasteiger partial charge in [-0.2, -0.15) is 13.2 Å². The second-order valence-corrected chi connectivity index (χ2v) is 8.00. The van der Waals surface area contributed by atoms with Gasteiger partial charge in [0.05, 0.1) is 17.8 Å². The average Bonchev–Trinajstić information content (AvgIpc) is 3.30. The molecule has 7 heteroatoms. The molecule has 0 radical (unpaired) electrons. The van der Waals surface area contributed by atoms with Crippen LogP contribution in [0.25, 0.3) is 38.5 Å². The molecular weight excluding hydrogens is 439 g/mol. The van der Waals surface area contributed by atoms with Gasteiger partial charge in [0.25, 0.3) is 0 Å². The van der Waals surface area contributed by atoms with E-state index in [0.29, 0.717) is 22.6 Å². The molecule has 170 valence electrons. The second kappa shape index (κ2) is 8.35. The second-order valence-electron chi connectivity index (χ2n) is 8.00. The molecule has 3 N–H and O–H groups in total. The highest BCUT2D eigenvalue weighted by Gasteiger charge is 2.33. The highest BCUT2D eigenvalue weighted by atomic mass is 19.4. The minimum Gasteiger partial charge on any atom is -0.325 e. The van der Waals surface area contributed by atoms with E-state index in [1.807, 2.05) is 54.6 Å². The number of nitrogens with zero attached hydrogens (tertiary/aromatic N) is 1. The highest BCUT2D eigenvalue weighted by Crippen LogP contribution is 2.37. The molecule has 5 aromatic rings. The Hall–Kier alpha value is -4.10. The quantitative estimate of drug-likeness (QED) is 0.307. The molecule has 34 heavy (non-hydrogen) atoms. The molecule has 0 atom stereocenters. The smallest absolute Gasteiger partial charge is 0.325 e. The van der Waals surface area contributed by atoms with Crippen LogP contribution in [0.15, 0.2) is 91.1 Å². The molecule has 0 aliphatic heterocycles. The predicted molar refractivity (Wildman–Crippen MR) is 129 cm³/mol. The number of nitrogens with two attached hydrogens (primary N) is 1. The van der Waals surface area contributed by atoms with E-state index in [2.05, 4.69) is 5.32 Å². The van der Waals surface area contributed by atoms with E-state index in [1.54, 1.807) is 24.3 Å². The number of anilines is 1. The van der Waals surface area contributed by atoms with Crippen LogP contribution in [0.3, 0.4) is 0 Å². The third kappa shape index (κ3) is 4.02. The van der Waals surface area contributed by atoms with Gasteiger partial charge in [0.2, 0.25) is 5.91 Å². The number of hydrogen-bond acceptors (Lipinski definition) is 2. The number of halogens is 3. The summed E-state index contributed by atoms with van der Waals surface area (Å²) >= 11 is 0. The number of carbonyl (C=O) groups is 1. The third-order valence-electron chi connectivity index (χ3n) is 5.80. The van der Waals surface area contributed by atoms with Crippen LogP contribution in [0.2, 0.25) is 0 Å². The number of rotatable bonds is 4. The number of alkyl halides is 3. The molecule has 0 bridgehead atoms. The fourth-order valence-corrected chi connectivity index (χ4v) is 4.13. The minimum atomic E-state index is -4.49. The van der Waals surface area contributed by atoms with E-state index in [-0.39, 0.29) is 12.5 Å². The Morgan fingerprint density at radius 2 is 1.53 bits per heavy atom. The molecule has 4 aromatic carbocycles. The monoisotopic (exact) mass is 459 g/mol. The van der Waals surface area contributed by atoms with Crippen LogP contribution in [0, 0.1) is 0 Å². The lowest BCUT2D eigenvalue weighted by Crippen LogP contribution is -2.21. The standard InChI is InChI=1S/C27H20F3N3O/c28-27(29,30)20-14-25(33(16-20)22-11-9-21(10-12-22)32-26(34)15-31)19-8-7-18-6-5-17-3-1-2-4-23(17)24(18)13-19/h1-14,16H,15,31H2,(H,32,34). The van der Waals surface area contributed by atoms with Gasteiger partial charge in [-0.3, -0.25) is 4.79 Å². The molecule has 1 aromatic heterocycles. The van der Waals surface area contributed by atoms with Crippen molar-refractivity contribution in [1.29, 1.82) is 0 Å². The van der Waals surface area contributed by atoms with Gasteiger partial charge < -0.3 is 15.6 Å². The lowest BCUT2D eigenvalue weighted by atomic mass is 9.99. The predicted octanol–water partition coefficient (Wildman–Crippen LogP) is 6.37. The van der Waals surface area contributed by atoms with E-state index >= 15 is 0 Å². The Morgan fingerprint density at radius 3 is 2.24 bits per heavy atom. The first-order valence-corrected chi connectivity index (χ1v) is 10.7. The van der Waals surface area contributed by atoms with E-state index in [1.165, 1.54) is 4.57 Å². The van der Waals surface area contributed by atoms with Crippen molar-refractivity contribution in [3.05, 3.63) is 96.7 Å². The summed E-state index contributed by atoms with van der Waals surface area (Å²) in [4.78, 5) is 11.5. The number of nitrogens with one attached hydrogen (secondary N) is 1. The van der Waals surface area contributed by atoms with E-state index in [4.69, 9.17) is 5.73 Å². The van der Waals surface area contributed by atoms with Gasteiger partial charge in [-0.15, -0.1) is 0 Å². The molecule has 0 saturated carbocycles. The van der Waals surface area contributed by atoms with Gasteiger partial charge in [0.1, 0.15) is 0 Å². The van der Waals surface area contributed by atoms with Crippen LogP contribution in [0.1, 0.15) is 5.56 Å². The van der Waals surface area contributed by atoms with Crippen molar-refractivity contribution in [2.24, 2.45) is 5.73 Å². The average molecular weight is 459 g/mol. The number of amides is 1. The van der Waals surface area contributed by atoms with Crippen molar-refractivity contribution in [1.82, 2.24) is 4.57 Å². The summed E-state index contributed by atoms with van der Waals surface area (Å²) in [5.74, 6) is -0.350. The summed E-state index contributed by atoms with van der Waals surface area (Å²) in [5, 5.41) is 6.71. The van der Waals surface area contributed by atoms with Gasteiger partial charge in [-0.05, 0) is 63.5 Å². The molecule has 0 spiro atoms. The summed E-state index contributed by atoms with van der Waals surface area (Å²) < 4.78 is 42.5. The zero-order valence-corrected chi connectivity index (χ0v) is 17.9. The maximum absolute atomic E-state index is 13.6. The van der Waals surface area contributed by atoms with Crippen LogP contribution >= 0.6 is 0 Å². The first-order chi connectivity index (χ1) is 16.3. The number of benzene rings is 4. The Kier molecular flexibility index (Phi) is 5.34. The number of hydrogen-bond donors (Lipinski definition) is 2. The van der Waals surface area contributed by atoms with Crippen LogP contribution in [-0.2, 0) is 11.0 Å². The summed E-state index contributed by atoms with van der Waals surface area (Å²) in [6.45, 7) is -0.158. The van der Waals surface area contributed by atoms with Crippen LogP contribution in [0.5, 0.6) is 0 Å². The molecule has 4 nitrogen and oxygen atoms in total. The fourth-order valence-electron chi connectivity index (χ4n) is 4.13. The summed E-state index contributed by atoms with van der Waals surface area (Å²) in [6.07, 6.45) is -3.39. The van der Waals surface area contributed by atoms with Gasteiger partial charge in [-0.25, -0.2) is 0 Å². The van der Waals surface area contributed by atoms with Crippen molar-refractivity contribution >= 4 is 33.1 Å². The third-order valence-corrected chi connectivity index (χ3v) is 5.80. The van der Waals surface area contributed by atoms with Gasteiger partial charge in [0.15, 0.2) is 0 Å². The summed E-state index contributed by atoms with van der Waals surface area (Å²) in [5.41, 5.74) is 6.72. The fraction of sp³-hybridized carbons (Fsp3) is 0.0741. The Labute approximate surface area is 193 Å². The maximum atomic E-state index is 13.6. The lowest BCUT2D eigenvalue weighted by Gasteiger charge is -2.12. The normalized spacial score (nSPS) is 11.8. The van der Waals surface area contributed by atoms with Gasteiger partial charge >= 0.3 is 6.18 Å². The molecule has 0 saturated heterocycles. The molecule has 0 fully saturated rings. The summed E-state index contributed by atoms with van der Waals surface area (Å²) in [6, 6.07) is 25.4. The van der Waals surface area contributed by atoms with Crippen molar-refractivity contribution in [3.8, 4) is 16.9 Å². The zero-order valence-electron chi connectivity index (χ0n) is 17.9. The van der Waals surface area contributed by atoms with Gasteiger partial charge in [0, 0.05) is 17.6 Å². The molecule has 0 unspecified atom stereocenters. The maximum Gasteiger partial charge on any atom is 0.417 e. The van der Waals surface area contributed by atoms with E-state index in [0.717, 1.165) is 33.8 Å². The zero-order chi connectivity index (χ0) is 23.9. The van der Waals surface area contributed by atoms with Crippen molar-refractivity contribution in [2.45, 2.75) is 6.18 Å². The van der Waals surface area contributed by atoms with E-state index < -0.39 is 11.7 Å². The van der Waals surface area contributed by atoms with Crippen molar-refractivity contribution < 1.29 is 18.0 Å². The van der Waals surface area contributed by atoms with Crippen LogP contribution in [-0.4, -0.2) is 17.0 Å². The summed E-state index contributed by atoms with van der Waals surface area (Å²) in [7, 11) is 0. The molecule has 5 rings (SSSR count). The van der Waals surface area contributed by atoms with Crippen LogP contribution in [0.4, 0.5) is 18.9 Å². The SMILES string of the molecule is NCC(=O)Nc1ccc(-n2cc(C(F)(F)F)cc2-c2ccc3ccc4ccccc4c3c2)cc1. The number of carbonyl (C=O) groups excluding carboxylic acids is 1. The largest absolute Gasteiger partial charge is 0.417 e. The van der Waals surface area contributed by atoms with Crippen molar-refractivity contribution in [2.75, 3.05) is 11.9 Å². The Balaban J connectivity index is 1.65. The first-order valence-electron chi connectivity index (χ1n) is 10.7. The molecule has 1 amide bonds. The number of fused-ring (bicyclic) bond motifs is 3. The van der Waals surface area contributed by atoms with Gasteiger partial charge in [-0.1, -0.05) is 48.5 Å². The molecule has 0 aliphatic rings. The lowest BCUT2D eigenvalue weighted by molar-refractivity contribution is -0.137. The molecular formula is C27H20F3N3O. The van der Waals surface area contributed by atoms with E-state index in [9.17, 15) is 18.0 Å². The Morgan fingerprint density at radius 1 is 0.853 bits per heavy atom. The minimum absolute atomic E-state index is 0.158. The van der Waals surface area contributed by atoms with Crippen molar-refractivity contribution in [3.63, 3.8) is 0 Å². The highest BCUT2D eigenvalue weighted by molar-refractivity contribution is 6.08. The topological polar surface area (TPSA) is 60.1 Å². The Bertz CT molecular complexity index is 1520. The van der Waals surface area contributed by atoms with Crippen LogP contribution < -0.4 is 11.1 Å².